The molecule has 2 nitrogen and oxygen atoms in total. The van der Waals surface area contributed by atoms with Gasteiger partial charge in [0.1, 0.15) is 10.7 Å². The standard InChI is InChI=1S/C10H5BrClNOS/c11-8-2-1-6(3-9(8)12)10-13-7(4-14)5-15-10/h1-5H. The summed E-state index contributed by atoms with van der Waals surface area (Å²) in [6.07, 6.45) is 0.737. The molecule has 0 fully saturated rings. The summed E-state index contributed by atoms with van der Waals surface area (Å²) in [5.41, 5.74) is 1.37. The van der Waals surface area contributed by atoms with Crippen LogP contribution in [0.3, 0.4) is 0 Å². The molecule has 0 N–H and O–H groups in total. The monoisotopic (exact) mass is 301 g/mol. The van der Waals surface area contributed by atoms with Crippen molar-refractivity contribution in [2.75, 3.05) is 0 Å². The zero-order chi connectivity index (χ0) is 10.8. The summed E-state index contributed by atoms with van der Waals surface area (Å²) in [6, 6.07) is 5.59. The quantitative estimate of drug-likeness (QED) is 0.784. The van der Waals surface area contributed by atoms with Crippen LogP contribution in [0.1, 0.15) is 10.5 Å². The molecule has 0 unspecified atom stereocenters. The highest BCUT2D eigenvalue weighted by Gasteiger charge is 2.06. The van der Waals surface area contributed by atoms with Gasteiger partial charge in [-0.2, -0.15) is 0 Å². The summed E-state index contributed by atoms with van der Waals surface area (Å²) in [6.45, 7) is 0. The van der Waals surface area contributed by atoms with Crippen LogP contribution in [0, 0.1) is 0 Å². The van der Waals surface area contributed by atoms with Crippen LogP contribution in [0.2, 0.25) is 5.02 Å². The summed E-state index contributed by atoms with van der Waals surface area (Å²) in [4.78, 5) is 14.6. The van der Waals surface area contributed by atoms with Crippen molar-refractivity contribution in [2.45, 2.75) is 0 Å². The Kier molecular flexibility index (Phi) is 3.19. The molecule has 1 aromatic carbocycles. The van der Waals surface area contributed by atoms with Crippen molar-refractivity contribution < 1.29 is 4.79 Å². The third-order valence-electron chi connectivity index (χ3n) is 1.81. The molecule has 2 aromatic rings. The van der Waals surface area contributed by atoms with Crippen molar-refractivity contribution >= 4 is 45.2 Å². The second-order valence-electron chi connectivity index (χ2n) is 2.82. The van der Waals surface area contributed by atoms with E-state index < -0.39 is 0 Å². The Morgan fingerprint density at radius 1 is 1.47 bits per heavy atom. The number of thiazole rings is 1. The van der Waals surface area contributed by atoms with Crippen LogP contribution < -0.4 is 0 Å². The van der Waals surface area contributed by atoms with E-state index in [9.17, 15) is 4.79 Å². The van der Waals surface area contributed by atoms with Crippen molar-refractivity contribution in [3.05, 3.63) is 38.8 Å². The highest BCUT2D eigenvalue weighted by atomic mass is 79.9. The van der Waals surface area contributed by atoms with Crippen LogP contribution in [0.5, 0.6) is 0 Å². The van der Waals surface area contributed by atoms with Gasteiger partial charge >= 0.3 is 0 Å². The highest BCUT2D eigenvalue weighted by Crippen LogP contribution is 2.30. The normalized spacial score (nSPS) is 10.3. The first-order chi connectivity index (χ1) is 7.20. The third-order valence-corrected chi connectivity index (χ3v) is 3.95. The maximum Gasteiger partial charge on any atom is 0.169 e. The van der Waals surface area contributed by atoms with Gasteiger partial charge in [-0.1, -0.05) is 17.7 Å². The topological polar surface area (TPSA) is 30.0 Å². The van der Waals surface area contributed by atoms with Crippen LogP contribution in [-0.4, -0.2) is 11.3 Å². The second kappa shape index (κ2) is 4.43. The highest BCUT2D eigenvalue weighted by molar-refractivity contribution is 9.10. The molecule has 0 amide bonds. The van der Waals surface area contributed by atoms with E-state index in [4.69, 9.17) is 11.6 Å². The molecule has 0 aliphatic carbocycles. The van der Waals surface area contributed by atoms with Gasteiger partial charge in [-0.25, -0.2) is 4.98 Å². The smallest absolute Gasteiger partial charge is 0.169 e. The van der Waals surface area contributed by atoms with Crippen molar-refractivity contribution in [3.63, 3.8) is 0 Å². The average molecular weight is 303 g/mol. The lowest BCUT2D eigenvalue weighted by molar-refractivity contribution is 0.111. The molecule has 76 valence electrons. The Bertz CT molecular complexity index is 512. The largest absolute Gasteiger partial charge is 0.296 e. The fourth-order valence-electron chi connectivity index (χ4n) is 1.10. The average Bonchev–Trinajstić information content (AvgIpc) is 2.70. The zero-order valence-corrected chi connectivity index (χ0v) is 10.6. The fourth-order valence-corrected chi connectivity index (χ4v) is 2.29. The summed E-state index contributed by atoms with van der Waals surface area (Å²) < 4.78 is 0.847. The lowest BCUT2D eigenvalue weighted by Gasteiger charge is -1.98. The number of rotatable bonds is 2. The molecule has 0 spiro atoms. The summed E-state index contributed by atoms with van der Waals surface area (Å²) in [5, 5.41) is 3.15. The number of benzene rings is 1. The van der Waals surface area contributed by atoms with Crippen molar-refractivity contribution in [1.82, 2.24) is 4.98 Å². The SMILES string of the molecule is O=Cc1csc(-c2ccc(Br)c(Cl)c2)n1. The number of hydrogen-bond acceptors (Lipinski definition) is 3. The first kappa shape index (κ1) is 10.8. The lowest BCUT2D eigenvalue weighted by Crippen LogP contribution is -1.80. The maximum atomic E-state index is 10.5. The van der Waals surface area contributed by atoms with E-state index in [1.54, 1.807) is 5.38 Å². The molecule has 0 aliphatic heterocycles. The minimum atomic E-state index is 0.453. The van der Waals surface area contributed by atoms with Gasteiger partial charge in [0.15, 0.2) is 6.29 Å². The van der Waals surface area contributed by atoms with E-state index in [0.29, 0.717) is 10.7 Å². The van der Waals surface area contributed by atoms with Gasteiger partial charge in [0.25, 0.3) is 0 Å². The van der Waals surface area contributed by atoms with Crippen LogP contribution in [0.15, 0.2) is 28.1 Å². The number of aromatic nitrogens is 1. The molecular formula is C10H5BrClNOS. The Balaban J connectivity index is 2.44. The maximum absolute atomic E-state index is 10.5. The Morgan fingerprint density at radius 3 is 2.87 bits per heavy atom. The Labute approximate surface area is 104 Å². The molecule has 15 heavy (non-hydrogen) atoms. The van der Waals surface area contributed by atoms with E-state index in [0.717, 1.165) is 21.3 Å². The minimum absolute atomic E-state index is 0.453. The number of nitrogens with zero attached hydrogens (tertiary/aromatic N) is 1. The first-order valence-electron chi connectivity index (χ1n) is 4.07. The van der Waals surface area contributed by atoms with Crippen molar-refractivity contribution in [2.24, 2.45) is 0 Å². The summed E-state index contributed by atoms with van der Waals surface area (Å²) >= 11 is 10.7. The Hall–Kier alpha value is -0.710. The van der Waals surface area contributed by atoms with Crippen LogP contribution >= 0.6 is 38.9 Å². The number of carbonyl (C=O) groups excluding carboxylic acids is 1. The van der Waals surface area contributed by atoms with Crippen LogP contribution in [0.4, 0.5) is 0 Å². The van der Waals surface area contributed by atoms with Gasteiger partial charge in [0.2, 0.25) is 0 Å². The number of halogens is 2. The number of hydrogen-bond donors (Lipinski definition) is 0. The first-order valence-corrected chi connectivity index (χ1v) is 6.12. The molecule has 1 aromatic heterocycles. The van der Waals surface area contributed by atoms with Gasteiger partial charge < -0.3 is 0 Å². The molecule has 0 saturated carbocycles. The molecular weight excluding hydrogens is 298 g/mol. The van der Waals surface area contributed by atoms with Crippen molar-refractivity contribution in [1.29, 1.82) is 0 Å². The third kappa shape index (κ3) is 2.27. The predicted octanol–water partition coefficient (Wildman–Crippen LogP) is 4.04. The summed E-state index contributed by atoms with van der Waals surface area (Å²) in [7, 11) is 0. The molecule has 5 heteroatoms. The predicted molar refractivity (Wildman–Crippen MR) is 65.6 cm³/mol. The molecule has 1 heterocycles. The number of aldehydes is 1. The van der Waals surface area contributed by atoms with Crippen molar-refractivity contribution in [3.8, 4) is 10.6 Å². The van der Waals surface area contributed by atoms with Gasteiger partial charge in [0.05, 0.1) is 5.02 Å². The van der Waals surface area contributed by atoms with Gasteiger partial charge in [-0.3, -0.25) is 4.79 Å². The molecule has 2 rings (SSSR count). The van der Waals surface area contributed by atoms with Gasteiger partial charge in [-0.05, 0) is 28.1 Å². The molecule has 0 atom stereocenters. The van der Waals surface area contributed by atoms with E-state index in [1.807, 2.05) is 18.2 Å². The lowest BCUT2D eigenvalue weighted by atomic mass is 10.2. The van der Waals surface area contributed by atoms with E-state index in [1.165, 1.54) is 11.3 Å². The molecule has 0 aliphatic rings. The molecule has 0 radical (unpaired) electrons. The van der Waals surface area contributed by atoms with E-state index >= 15 is 0 Å². The number of carbonyl (C=O) groups is 1. The van der Waals surface area contributed by atoms with Gasteiger partial charge in [-0.15, -0.1) is 11.3 Å². The Morgan fingerprint density at radius 2 is 2.27 bits per heavy atom. The molecule has 0 bridgehead atoms. The van der Waals surface area contributed by atoms with E-state index in [2.05, 4.69) is 20.9 Å². The zero-order valence-electron chi connectivity index (χ0n) is 7.41. The van der Waals surface area contributed by atoms with E-state index in [-0.39, 0.29) is 0 Å². The van der Waals surface area contributed by atoms with Crippen LogP contribution in [-0.2, 0) is 0 Å². The second-order valence-corrected chi connectivity index (χ2v) is 4.94. The van der Waals surface area contributed by atoms with Crippen LogP contribution in [0.25, 0.3) is 10.6 Å². The molecule has 0 saturated heterocycles. The fraction of sp³-hybridized carbons (Fsp3) is 0. The summed E-state index contributed by atoms with van der Waals surface area (Å²) in [5.74, 6) is 0. The van der Waals surface area contributed by atoms with Gasteiger partial charge in [0, 0.05) is 15.4 Å². The minimum Gasteiger partial charge on any atom is -0.296 e.